The number of aromatic nitrogens is 1. The van der Waals surface area contributed by atoms with E-state index in [1.165, 1.54) is 29.3 Å². The van der Waals surface area contributed by atoms with Crippen LogP contribution in [0.3, 0.4) is 0 Å². The molecule has 0 radical (unpaired) electrons. The molecule has 32 heavy (non-hydrogen) atoms. The number of benzene rings is 1. The Balaban J connectivity index is 1.72. The maximum atomic E-state index is 13.4. The predicted molar refractivity (Wildman–Crippen MR) is 98.7 cm³/mol. The lowest BCUT2D eigenvalue weighted by Crippen LogP contribution is -2.57. The standard InChI is InChI=1S/C20H18F7N3O2/c21-14-3-1-2-12(8-14)13-4-5-15(29-9-13)11-30-7-6-28-10-16(30)17(31)32-18(19(22,23)24)20(25,26)27/h1-5,8-9,16,18,28H,6-7,10-11H2. The third-order valence-electron chi connectivity index (χ3n) is 4.80. The maximum Gasteiger partial charge on any atom is 0.434 e. The highest BCUT2D eigenvalue weighted by molar-refractivity contribution is 5.76. The summed E-state index contributed by atoms with van der Waals surface area (Å²) in [5, 5.41) is 2.76. The number of carbonyl (C=O) groups excluding carboxylic acids is 1. The van der Waals surface area contributed by atoms with Crippen molar-refractivity contribution in [2.24, 2.45) is 0 Å². The number of nitrogens with one attached hydrogen (secondary N) is 1. The van der Waals surface area contributed by atoms with Crippen LogP contribution in [0.25, 0.3) is 11.1 Å². The van der Waals surface area contributed by atoms with Gasteiger partial charge in [0.25, 0.3) is 6.10 Å². The molecule has 0 saturated carbocycles. The van der Waals surface area contributed by atoms with Gasteiger partial charge in [-0.2, -0.15) is 26.3 Å². The van der Waals surface area contributed by atoms with Gasteiger partial charge >= 0.3 is 18.3 Å². The van der Waals surface area contributed by atoms with E-state index in [-0.39, 0.29) is 19.6 Å². The molecule has 1 aromatic heterocycles. The molecule has 1 aliphatic rings. The number of hydrogen-bond donors (Lipinski definition) is 1. The smallest absolute Gasteiger partial charge is 0.434 e. The van der Waals surface area contributed by atoms with Gasteiger partial charge in [-0.15, -0.1) is 0 Å². The first-order chi connectivity index (χ1) is 14.9. The van der Waals surface area contributed by atoms with Crippen LogP contribution in [0.4, 0.5) is 30.7 Å². The lowest BCUT2D eigenvalue weighted by atomic mass is 10.1. The van der Waals surface area contributed by atoms with E-state index in [0.29, 0.717) is 23.4 Å². The molecule has 0 aliphatic carbocycles. The summed E-state index contributed by atoms with van der Waals surface area (Å²) in [6.07, 6.45) is -14.3. The second-order valence-corrected chi connectivity index (χ2v) is 7.14. The fourth-order valence-electron chi connectivity index (χ4n) is 3.25. The molecule has 1 atom stereocenters. The maximum absolute atomic E-state index is 13.4. The van der Waals surface area contributed by atoms with Crippen molar-refractivity contribution >= 4 is 5.97 Å². The highest BCUT2D eigenvalue weighted by Gasteiger charge is 2.60. The summed E-state index contributed by atoms with van der Waals surface area (Å²) >= 11 is 0. The minimum atomic E-state index is -5.78. The van der Waals surface area contributed by atoms with E-state index >= 15 is 0 Å². The molecule has 174 valence electrons. The molecule has 2 aromatic rings. The number of nitrogens with zero attached hydrogens (tertiary/aromatic N) is 2. The molecule has 1 aromatic carbocycles. The number of carbonyl (C=O) groups is 1. The number of ether oxygens (including phenoxy) is 1. The van der Waals surface area contributed by atoms with Gasteiger partial charge in [-0.3, -0.25) is 14.7 Å². The summed E-state index contributed by atoms with van der Waals surface area (Å²) in [5.74, 6) is -2.06. The lowest BCUT2D eigenvalue weighted by Gasteiger charge is -2.35. The lowest BCUT2D eigenvalue weighted by molar-refractivity contribution is -0.314. The summed E-state index contributed by atoms with van der Waals surface area (Å²) < 4.78 is 93.6. The number of rotatable bonds is 5. The van der Waals surface area contributed by atoms with Gasteiger partial charge in [0.05, 0.1) is 5.69 Å². The fraction of sp³-hybridized carbons (Fsp3) is 0.400. The Labute approximate surface area is 178 Å². The molecule has 1 N–H and O–H groups in total. The quantitative estimate of drug-likeness (QED) is 0.539. The van der Waals surface area contributed by atoms with E-state index < -0.39 is 36.3 Å². The molecule has 3 rings (SSSR count). The minimum absolute atomic E-state index is 0.00637. The Kier molecular flexibility index (Phi) is 7.03. The van der Waals surface area contributed by atoms with Crippen molar-refractivity contribution in [1.29, 1.82) is 0 Å². The Hall–Kier alpha value is -2.73. The third kappa shape index (κ3) is 5.94. The molecule has 1 saturated heterocycles. The summed E-state index contributed by atoms with van der Waals surface area (Å²) in [7, 11) is 0. The monoisotopic (exact) mass is 465 g/mol. The molecule has 12 heteroatoms. The average Bonchev–Trinajstić information content (AvgIpc) is 2.71. The van der Waals surface area contributed by atoms with E-state index in [1.807, 2.05) is 0 Å². The van der Waals surface area contributed by atoms with Gasteiger partial charge in [-0.25, -0.2) is 4.39 Å². The third-order valence-corrected chi connectivity index (χ3v) is 4.80. The van der Waals surface area contributed by atoms with Gasteiger partial charge in [0.1, 0.15) is 11.9 Å². The van der Waals surface area contributed by atoms with Crippen molar-refractivity contribution in [2.75, 3.05) is 19.6 Å². The summed E-state index contributed by atoms with van der Waals surface area (Å²) in [6, 6.07) is 7.69. The van der Waals surface area contributed by atoms with Crippen LogP contribution in [0, 0.1) is 5.82 Å². The summed E-state index contributed by atoms with van der Waals surface area (Å²) in [5.41, 5.74) is 1.62. The molecule has 1 fully saturated rings. The van der Waals surface area contributed by atoms with Crippen molar-refractivity contribution in [3.8, 4) is 11.1 Å². The van der Waals surface area contributed by atoms with Gasteiger partial charge in [-0.05, 0) is 23.8 Å². The number of esters is 1. The first-order valence-corrected chi connectivity index (χ1v) is 9.44. The molecule has 2 heterocycles. The number of alkyl halides is 6. The minimum Gasteiger partial charge on any atom is -0.442 e. The number of halogens is 7. The van der Waals surface area contributed by atoms with Gasteiger partial charge < -0.3 is 10.1 Å². The van der Waals surface area contributed by atoms with Crippen LogP contribution < -0.4 is 5.32 Å². The zero-order valence-corrected chi connectivity index (χ0v) is 16.4. The summed E-state index contributed by atoms with van der Waals surface area (Å²) in [4.78, 5) is 17.8. The highest BCUT2D eigenvalue weighted by Crippen LogP contribution is 2.36. The van der Waals surface area contributed by atoms with Crippen LogP contribution >= 0.6 is 0 Å². The zero-order valence-electron chi connectivity index (χ0n) is 16.4. The van der Waals surface area contributed by atoms with E-state index in [2.05, 4.69) is 15.0 Å². The normalized spacial score (nSPS) is 18.1. The summed E-state index contributed by atoms with van der Waals surface area (Å²) in [6.45, 7) is 0.360. The van der Waals surface area contributed by atoms with Crippen LogP contribution in [0.15, 0.2) is 42.6 Å². The number of hydrogen-bond acceptors (Lipinski definition) is 5. The second kappa shape index (κ2) is 9.41. The largest absolute Gasteiger partial charge is 0.442 e. The predicted octanol–water partition coefficient (Wildman–Crippen LogP) is 3.70. The van der Waals surface area contributed by atoms with Crippen LogP contribution in [0.1, 0.15) is 5.69 Å². The SMILES string of the molecule is O=C(OC(C(F)(F)F)C(F)(F)F)C1CNCCN1Cc1ccc(-c2cccc(F)c2)cn1. The van der Waals surface area contributed by atoms with Crippen molar-refractivity contribution in [3.05, 3.63) is 54.1 Å². The molecule has 5 nitrogen and oxygen atoms in total. The van der Waals surface area contributed by atoms with E-state index in [1.54, 1.807) is 18.2 Å². The Morgan fingerprint density at radius 2 is 1.84 bits per heavy atom. The van der Waals surface area contributed by atoms with Crippen molar-refractivity contribution in [1.82, 2.24) is 15.2 Å². The van der Waals surface area contributed by atoms with Crippen molar-refractivity contribution in [3.63, 3.8) is 0 Å². The zero-order chi connectivity index (χ0) is 23.5. The van der Waals surface area contributed by atoms with Crippen LogP contribution in [0.2, 0.25) is 0 Å². The van der Waals surface area contributed by atoms with Crippen molar-refractivity contribution < 1.29 is 40.3 Å². The number of piperazine rings is 1. The van der Waals surface area contributed by atoms with Gasteiger partial charge in [-0.1, -0.05) is 18.2 Å². The van der Waals surface area contributed by atoms with Crippen molar-refractivity contribution in [2.45, 2.75) is 31.0 Å². The fourth-order valence-corrected chi connectivity index (χ4v) is 3.25. The molecule has 0 bridgehead atoms. The topological polar surface area (TPSA) is 54.5 Å². The van der Waals surface area contributed by atoms with Gasteiger partial charge in [0.15, 0.2) is 0 Å². The van der Waals surface area contributed by atoms with E-state index in [0.717, 1.165) is 0 Å². The molecular formula is C20H18F7N3O2. The Morgan fingerprint density at radius 1 is 1.12 bits per heavy atom. The highest BCUT2D eigenvalue weighted by atomic mass is 19.4. The number of pyridine rings is 1. The molecule has 1 aliphatic heterocycles. The second-order valence-electron chi connectivity index (χ2n) is 7.14. The van der Waals surface area contributed by atoms with Gasteiger partial charge in [0, 0.05) is 37.9 Å². The molecule has 0 spiro atoms. The van der Waals surface area contributed by atoms with E-state index in [9.17, 15) is 35.5 Å². The van der Waals surface area contributed by atoms with Crippen LogP contribution in [-0.2, 0) is 16.1 Å². The molecular weight excluding hydrogens is 447 g/mol. The first kappa shape index (κ1) is 23.9. The first-order valence-electron chi connectivity index (χ1n) is 9.44. The van der Waals surface area contributed by atoms with Crippen LogP contribution in [-0.4, -0.2) is 60.0 Å². The average molecular weight is 465 g/mol. The molecule has 0 amide bonds. The van der Waals surface area contributed by atoms with E-state index in [4.69, 9.17) is 0 Å². The van der Waals surface area contributed by atoms with Gasteiger partial charge in [0.2, 0.25) is 0 Å². The van der Waals surface area contributed by atoms with Crippen LogP contribution in [0.5, 0.6) is 0 Å². The Bertz CT molecular complexity index is 918. The Morgan fingerprint density at radius 3 is 2.44 bits per heavy atom. The molecule has 1 unspecified atom stereocenters.